The maximum Gasteiger partial charge on any atom is 0.153 e. The van der Waals surface area contributed by atoms with E-state index in [2.05, 4.69) is 15.9 Å². The summed E-state index contributed by atoms with van der Waals surface area (Å²) in [5.74, 6) is 3.02. The highest BCUT2D eigenvalue weighted by Crippen LogP contribution is 1.89. The van der Waals surface area contributed by atoms with Crippen LogP contribution < -0.4 is 0 Å². The van der Waals surface area contributed by atoms with E-state index in [0.29, 0.717) is 19.0 Å². The van der Waals surface area contributed by atoms with Crippen LogP contribution in [-0.2, 0) is 11.3 Å². The summed E-state index contributed by atoms with van der Waals surface area (Å²) < 4.78 is 5.01. The van der Waals surface area contributed by atoms with Gasteiger partial charge in [-0.2, -0.15) is 0 Å². The fourth-order valence-corrected chi connectivity index (χ4v) is 0.606. The second-order valence-electron chi connectivity index (χ2n) is 1.86. The first-order valence-electron chi connectivity index (χ1n) is 3.20. The minimum absolute atomic E-state index is 0.304. The van der Waals surface area contributed by atoms with Gasteiger partial charge in [0.2, 0.25) is 0 Å². The Morgan fingerprint density at radius 1 is 1.45 bits per heavy atom. The summed E-state index contributed by atoms with van der Waals surface area (Å²) in [6.45, 7) is 0.684. The highest BCUT2D eigenvalue weighted by Gasteiger charge is 1.91. The Hall–Kier alpha value is -1.40. The van der Waals surface area contributed by atoms with Crippen LogP contribution in [0.1, 0.15) is 5.82 Å². The average molecular weight is 148 g/mol. The van der Waals surface area contributed by atoms with Crippen LogP contribution in [0.4, 0.5) is 0 Å². The first-order valence-corrected chi connectivity index (χ1v) is 3.20. The zero-order chi connectivity index (χ0) is 7.94. The maximum absolute atomic E-state index is 5.01. The van der Waals surface area contributed by atoms with E-state index in [-0.39, 0.29) is 0 Å². The molecule has 0 saturated heterocycles. The van der Waals surface area contributed by atoms with Crippen molar-refractivity contribution in [1.82, 2.24) is 9.97 Å². The van der Waals surface area contributed by atoms with Crippen molar-refractivity contribution < 1.29 is 4.74 Å². The largest absolute Gasteiger partial charge is 0.361 e. The number of ether oxygens (including phenoxy) is 1. The fourth-order valence-electron chi connectivity index (χ4n) is 0.606. The predicted molar refractivity (Wildman–Crippen MR) is 40.5 cm³/mol. The molecule has 0 saturated carbocycles. The second-order valence-corrected chi connectivity index (χ2v) is 1.86. The van der Waals surface area contributed by atoms with Gasteiger partial charge in [0.15, 0.2) is 5.82 Å². The monoisotopic (exact) mass is 148 g/mol. The fraction of sp³-hybridized carbons (Fsp3) is 0.250. The van der Waals surface area contributed by atoms with Gasteiger partial charge >= 0.3 is 0 Å². The summed E-state index contributed by atoms with van der Waals surface area (Å²) in [5.41, 5.74) is 0. The Labute approximate surface area is 65.4 Å². The Morgan fingerprint density at radius 3 is 2.82 bits per heavy atom. The van der Waals surface area contributed by atoms with Crippen molar-refractivity contribution >= 4 is 0 Å². The van der Waals surface area contributed by atoms with E-state index in [1.165, 1.54) is 0 Å². The van der Waals surface area contributed by atoms with Gasteiger partial charge in [-0.05, 0) is 6.07 Å². The van der Waals surface area contributed by atoms with E-state index in [0.717, 1.165) is 0 Å². The van der Waals surface area contributed by atoms with E-state index in [4.69, 9.17) is 11.2 Å². The Kier molecular flexibility index (Phi) is 3.10. The number of hydrogen-bond donors (Lipinski definition) is 0. The van der Waals surface area contributed by atoms with Crippen molar-refractivity contribution in [1.29, 1.82) is 0 Å². The molecule has 0 aliphatic heterocycles. The zero-order valence-corrected chi connectivity index (χ0v) is 6.03. The van der Waals surface area contributed by atoms with Gasteiger partial charge in [-0.25, -0.2) is 9.97 Å². The average Bonchev–Trinajstić information content (AvgIpc) is 2.07. The molecule has 56 valence electrons. The molecule has 1 aromatic rings. The molecule has 0 spiro atoms. The molecule has 0 aromatic carbocycles. The lowest BCUT2D eigenvalue weighted by atomic mass is 10.6. The van der Waals surface area contributed by atoms with Crippen LogP contribution in [0.5, 0.6) is 0 Å². The second kappa shape index (κ2) is 4.42. The molecule has 0 amide bonds. The van der Waals surface area contributed by atoms with Gasteiger partial charge in [-0.1, -0.05) is 5.92 Å². The molecule has 0 bridgehead atoms. The third-order valence-electron chi connectivity index (χ3n) is 1.04. The van der Waals surface area contributed by atoms with Crippen molar-refractivity contribution in [2.24, 2.45) is 0 Å². The van der Waals surface area contributed by atoms with E-state index in [1.807, 2.05) is 0 Å². The van der Waals surface area contributed by atoms with Crippen LogP contribution in [0.15, 0.2) is 18.5 Å². The van der Waals surface area contributed by atoms with E-state index in [9.17, 15) is 0 Å². The maximum atomic E-state index is 5.01. The Balaban J connectivity index is 2.35. The molecule has 0 aliphatic rings. The lowest BCUT2D eigenvalue weighted by Crippen LogP contribution is -1.97. The van der Waals surface area contributed by atoms with Crippen molar-refractivity contribution in [3.05, 3.63) is 24.3 Å². The predicted octanol–water partition coefficient (Wildman–Crippen LogP) is 0.626. The van der Waals surface area contributed by atoms with Gasteiger partial charge in [0, 0.05) is 12.4 Å². The number of terminal acetylenes is 1. The Morgan fingerprint density at radius 2 is 2.18 bits per heavy atom. The van der Waals surface area contributed by atoms with E-state index < -0.39 is 0 Å². The minimum atomic E-state index is 0.304. The van der Waals surface area contributed by atoms with Crippen molar-refractivity contribution in [3.63, 3.8) is 0 Å². The zero-order valence-electron chi connectivity index (χ0n) is 6.03. The van der Waals surface area contributed by atoms with Crippen LogP contribution in [0.2, 0.25) is 0 Å². The van der Waals surface area contributed by atoms with Crippen LogP contribution in [0, 0.1) is 12.3 Å². The molecule has 0 fully saturated rings. The first kappa shape index (κ1) is 7.70. The first-order chi connectivity index (χ1) is 5.43. The molecule has 0 unspecified atom stereocenters. The lowest BCUT2D eigenvalue weighted by Gasteiger charge is -1.96. The van der Waals surface area contributed by atoms with Gasteiger partial charge in [0.05, 0.1) is 0 Å². The molecule has 0 atom stereocenters. The highest BCUT2D eigenvalue weighted by atomic mass is 16.5. The molecule has 1 rings (SSSR count). The summed E-state index contributed by atoms with van der Waals surface area (Å²) in [7, 11) is 0. The third-order valence-corrected chi connectivity index (χ3v) is 1.04. The molecule has 1 aromatic heterocycles. The topological polar surface area (TPSA) is 35.0 Å². The van der Waals surface area contributed by atoms with Gasteiger partial charge < -0.3 is 4.74 Å². The van der Waals surface area contributed by atoms with Gasteiger partial charge in [-0.15, -0.1) is 6.42 Å². The van der Waals surface area contributed by atoms with E-state index >= 15 is 0 Å². The SMILES string of the molecule is C#CCOCc1ncccn1. The van der Waals surface area contributed by atoms with Gasteiger partial charge in [0.25, 0.3) is 0 Å². The van der Waals surface area contributed by atoms with Gasteiger partial charge in [-0.3, -0.25) is 0 Å². The smallest absolute Gasteiger partial charge is 0.153 e. The standard InChI is InChI=1S/C8H8N2O/c1-2-6-11-7-8-9-4-3-5-10-8/h1,3-5H,6-7H2. The normalized spacial score (nSPS) is 9.00. The molecule has 0 N–H and O–H groups in total. The summed E-state index contributed by atoms with van der Waals surface area (Å²) in [6.07, 6.45) is 8.31. The highest BCUT2D eigenvalue weighted by molar-refractivity contribution is 4.87. The summed E-state index contributed by atoms with van der Waals surface area (Å²) in [6, 6.07) is 1.75. The number of hydrogen-bond acceptors (Lipinski definition) is 3. The van der Waals surface area contributed by atoms with Crippen molar-refractivity contribution in [2.45, 2.75) is 6.61 Å². The molecule has 0 aliphatic carbocycles. The van der Waals surface area contributed by atoms with Crippen LogP contribution in [0.25, 0.3) is 0 Å². The number of rotatable bonds is 3. The van der Waals surface area contributed by atoms with Crippen molar-refractivity contribution in [3.8, 4) is 12.3 Å². The summed E-state index contributed by atoms with van der Waals surface area (Å²) in [4.78, 5) is 7.89. The number of nitrogens with zero attached hydrogens (tertiary/aromatic N) is 2. The minimum Gasteiger partial charge on any atom is -0.361 e. The molecular formula is C8H8N2O. The molecule has 1 heterocycles. The summed E-state index contributed by atoms with van der Waals surface area (Å²) in [5, 5.41) is 0. The molecule has 11 heavy (non-hydrogen) atoms. The molecular weight excluding hydrogens is 140 g/mol. The lowest BCUT2D eigenvalue weighted by molar-refractivity contribution is 0.147. The summed E-state index contributed by atoms with van der Waals surface area (Å²) >= 11 is 0. The molecule has 3 nitrogen and oxygen atoms in total. The van der Waals surface area contributed by atoms with E-state index in [1.54, 1.807) is 18.5 Å². The Bertz CT molecular complexity index is 240. The van der Waals surface area contributed by atoms with Crippen LogP contribution in [-0.4, -0.2) is 16.6 Å². The van der Waals surface area contributed by atoms with Crippen LogP contribution in [0.3, 0.4) is 0 Å². The third kappa shape index (κ3) is 2.78. The van der Waals surface area contributed by atoms with Gasteiger partial charge in [0.1, 0.15) is 13.2 Å². The molecule has 0 radical (unpaired) electrons. The quantitative estimate of drug-likeness (QED) is 0.465. The van der Waals surface area contributed by atoms with Crippen molar-refractivity contribution in [2.75, 3.05) is 6.61 Å². The van der Waals surface area contributed by atoms with Crippen LogP contribution >= 0.6 is 0 Å². The molecule has 3 heteroatoms. The number of aromatic nitrogens is 2.